The molecule has 10 heteroatoms. The summed E-state index contributed by atoms with van der Waals surface area (Å²) in [5.41, 5.74) is 1.34. The summed E-state index contributed by atoms with van der Waals surface area (Å²) in [4.78, 5) is 43.0. The second kappa shape index (κ2) is 9.75. The molecule has 0 spiro atoms. The summed E-state index contributed by atoms with van der Waals surface area (Å²) in [5, 5.41) is 2.76. The molecule has 0 bridgehead atoms. The van der Waals surface area contributed by atoms with Gasteiger partial charge in [-0.15, -0.1) is 11.3 Å². The summed E-state index contributed by atoms with van der Waals surface area (Å²) in [6, 6.07) is 12.5. The number of rotatable bonds is 7. The van der Waals surface area contributed by atoms with Gasteiger partial charge < -0.3 is 19.5 Å². The molecule has 0 radical (unpaired) electrons. The zero-order valence-electron chi connectivity index (χ0n) is 18.7. The quantitative estimate of drug-likeness (QED) is 0.403. The molecule has 0 saturated carbocycles. The van der Waals surface area contributed by atoms with Gasteiger partial charge in [-0.05, 0) is 49.4 Å². The lowest BCUT2D eigenvalue weighted by atomic mass is 10.1. The first-order valence-corrected chi connectivity index (χ1v) is 11.0. The van der Waals surface area contributed by atoms with Crippen LogP contribution in [0.5, 0.6) is 11.5 Å². The fraction of sp³-hybridized carbons (Fsp3) is 0.167. The third kappa shape index (κ3) is 4.91. The maximum atomic E-state index is 12.5. The van der Waals surface area contributed by atoms with Gasteiger partial charge >= 0.3 is 5.97 Å². The molecule has 34 heavy (non-hydrogen) atoms. The van der Waals surface area contributed by atoms with Crippen molar-refractivity contribution in [3.63, 3.8) is 0 Å². The summed E-state index contributed by atoms with van der Waals surface area (Å²) < 4.78 is 17.2. The Labute approximate surface area is 198 Å². The van der Waals surface area contributed by atoms with Gasteiger partial charge in [-0.2, -0.15) is 0 Å². The zero-order valence-corrected chi connectivity index (χ0v) is 19.5. The Balaban J connectivity index is 1.39. The number of fused-ring (bicyclic) bond motifs is 1. The number of benzene rings is 2. The highest BCUT2D eigenvalue weighted by molar-refractivity contribution is 7.16. The topological polar surface area (TPSA) is 108 Å². The van der Waals surface area contributed by atoms with Gasteiger partial charge in [0.1, 0.15) is 6.61 Å². The van der Waals surface area contributed by atoms with Crippen LogP contribution >= 0.6 is 11.3 Å². The largest absolute Gasteiger partial charge is 0.493 e. The molecule has 2 aromatic carbocycles. The van der Waals surface area contributed by atoms with Crippen LogP contribution in [0.25, 0.3) is 4.96 Å². The Morgan fingerprint density at radius 2 is 1.71 bits per heavy atom. The number of nitrogens with one attached hydrogen (secondary N) is 1. The molecule has 4 aromatic rings. The first-order valence-electron chi connectivity index (χ1n) is 10.2. The first kappa shape index (κ1) is 23.0. The Bertz CT molecular complexity index is 1430. The van der Waals surface area contributed by atoms with Crippen molar-refractivity contribution >= 4 is 33.9 Å². The van der Waals surface area contributed by atoms with Gasteiger partial charge in [0.15, 0.2) is 16.5 Å². The Kier molecular flexibility index (Phi) is 6.60. The molecular formula is C24H21N3O6S. The van der Waals surface area contributed by atoms with Gasteiger partial charge in [0, 0.05) is 28.4 Å². The summed E-state index contributed by atoms with van der Waals surface area (Å²) in [5.74, 6) is 0.0570. The van der Waals surface area contributed by atoms with E-state index in [4.69, 9.17) is 14.2 Å². The molecule has 0 aliphatic heterocycles. The minimum absolute atomic E-state index is 0.126. The third-order valence-corrected chi connectivity index (χ3v) is 5.81. The van der Waals surface area contributed by atoms with E-state index in [-0.39, 0.29) is 18.1 Å². The predicted octanol–water partition coefficient (Wildman–Crippen LogP) is 3.69. The molecule has 2 heterocycles. The lowest BCUT2D eigenvalue weighted by Crippen LogP contribution is -2.15. The number of aryl methyl sites for hydroxylation is 1. The van der Waals surface area contributed by atoms with Crippen LogP contribution in [0.3, 0.4) is 0 Å². The molecule has 0 atom stereocenters. The highest BCUT2D eigenvalue weighted by Crippen LogP contribution is 2.28. The normalized spacial score (nSPS) is 10.7. The fourth-order valence-electron chi connectivity index (χ4n) is 3.23. The van der Waals surface area contributed by atoms with Gasteiger partial charge in [0.05, 0.1) is 25.5 Å². The van der Waals surface area contributed by atoms with Crippen LogP contribution in [0.2, 0.25) is 0 Å². The van der Waals surface area contributed by atoms with Gasteiger partial charge in [-0.1, -0.05) is 0 Å². The third-order valence-electron chi connectivity index (χ3n) is 4.91. The van der Waals surface area contributed by atoms with Crippen LogP contribution in [0.1, 0.15) is 31.3 Å². The Hall–Kier alpha value is -4.18. The number of methoxy groups -OCH3 is 2. The van der Waals surface area contributed by atoms with E-state index < -0.39 is 5.97 Å². The van der Waals surface area contributed by atoms with Crippen molar-refractivity contribution in [3.8, 4) is 11.5 Å². The summed E-state index contributed by atoms with van der Waals surface area (Å²) in [7, 11) is 3.01. The second-order valence-electron chi connectivity index (χ2n) is 7.26. The Morgan fingerprint density at radius 1 is 1.00 bits per heavy atom. The minimum atomic E-state index is -0.567. The van der Waals surface area contributed by atoms with Crippen molar-refractivity contribution in [2.24, 2.45) is 0 Å². The van der Waals surface area contributed by atoms with Crippen LogP contribution in [-0.4, -0.2) is 35.5 Å². The van der Waals surface area contributed by atoms with Gasteiger partial charge in [0.25, 0.3) is 11.5 Å². The van der Waals surface area contributed by atoms with E-state index in [9.17, 15) is 14.4 Å². The van der Waals surface area contributed by atoms with E-state index in [1.165, 1.54) is 36.0 Å². The Morgan fingerprint density at radius 3 is 2.41 bits per heavy atom. The lowest BCUT2D eigenvalue weighted by molar-refractivity contribution is 0.0467. The van der Waals surface area contributed by atoms with Gasteiger partial charge in [-0.3, -0.25) is 14.0 Å². The highest BCUT2D eigenvalue weighted by atomic mass is 32.1. The van der Waals surface area contributed by atoms with E-state index in [0.717, 1.165) is 4.88 Å². The summed E-state index contributed by atoms with van der Waals surface area (Å²) in [6.07, 6.45) is 1.72. The molecule has 0 aliphatic carbocycles. The number of ether oxygens (including phenoxy) is 3. The number of anilines is 1. The molecule has 9 nitrogen and oxygen atoms in total. The summed E-state index contributed by atoms with van der Waals surface area (Å²) >= 11 is 1.38. The van der Waals surface area contributed by atoms with E-state index >= 15 is 0 Å². The smallest absolute Gasteiger partial charge is 0.338 e. The molecule has 1 N–H and O–H groups in total. The van der Waals surface area contributed by atoms with E-state index in [0.29, 0.717) is 39.0 Å². The van der Waals surface area contributed by atoms with Crippen molar-refractivity contribution in [2.75, 3.05) is 19.5 Å². The molecule has 4 rings (SSSR count). The number of amides is 1. The van der Waals surface area contributed by atoms with Crippen LogP contribution < -0.4 is 20.3 Å². The van der Waals surface area contributed by atoms with Gasteiger partial charge in [-0.25, -0.2) is 9.78 Å². The molecule has 0 unspecified atom stereocenters. The zero-order chi connectivity index (χ0) is 24.2. The first-order chi connectivity index (χ1) is 16.4. The molecule has 0 saturated heterocycles. The maximum absolute atomic E-state index is 12.5. The minimum Gasteiger partial charge on any atom is -0.493 e. The number of nitrogens with zero attached hydrogens (tertiary/aromatic N) is 2. The molecular weight excluding hydrogens is 458 g/mol. The van der Waals surface area contributed by atoms with Crippen molar-refractivity contribution in [3.05, 3.63) is 86.8 Å². The number of esters is 1. The standard InChI is InChI=1S/C24H21N3O6S/c1-14-12-27-21(28)11-18(26-24(27)34-14)13-33-23(30)15-4-7-17(8-5-15)25-22(29)16-6-9-19(31-2)20(10-16)32-3/h4-12H,13H2,1-3H3,(H,25,29). The van der Waals surface area contributed by atoms with Crippen LogP contribution in [0.15, 0.2) is 59.5 Å². The predicted molar refractivity (Wildman–Crippen MR) is 127 cm³/mol. The van der Waals surface area contributed by atoms with E-state index in [1.807, 2.05) is 6.92 Å². The number of hydrogen-bond donors (Lipinski definition) is 1. The van der Waals surface area contributed by atoms with E-state index in [1.54, 1.807) is 48.7 Å². The second-order valence-corrected chi connectivity index (χ2v) is 8.47. The lowest BCUT2D eigenvalue weighted by Gasteiger charge is -2.10. The molecule has 174 valence electrons. The van der Waals surface area contributed by atoms with Crippen LogP contribution in [0.4, 0.5) is 5.69 Å². The maximum Gasteiger partial charge on any atom is 0.338 e. The van der Waals surface area contributed by atoms with Crippen molar-refractivity contribution in [1.82, 2.24) is 9.38 Å². The van der Waals surface area contributed by atoms with Crippen LogP contribution in [0, 0.1) is 6.92 Å². The monoisotopic (exact) mass is 479 g/mol. The number of aromatic nitrogens is 2. The van der Waals surface area contributed by atoms with Crippen LogP contribution in [-0.2, 0) is 11.3 Å². The average Bonchev–Trinajstić information content (AvgIpc) is 3.23. The number of carbonyl (C=O) groups excluding carboxylic acids is 2. The highest BCUT2D eigenvalue weighted by Gasteiger charge is 2.13. The van der Waals surface area contributed by atoms with Crippen molar-refractivity contribution < 1.29 is 23.8 Å². The molecule has 0 fully saturated rings. The van der Waals surface area contributed by atoms with Gasteiger partial charge in [0.2, 0.25) is 0 Å². The number of hydrogen-bond acceptors (Lipinski definition) is 8. The molecule has 2 aromatic heterocycles. The SMILES string of the molecule is COc1ccc(C(=O)Nc2ccc(C(=O)OCc3cc(=O)n4cc(C)sc4n3)cc2)cc1OC. The molecule has 0 aliphatic rings. The van der Waals surface area contributed by atoms with E-state index in [2.05, 4.69) is 10.3 Å². The fourth-order valence-corrected chi connectivity index (χ4v) is 4.08. The molecule has 1 amide bonds. The number of carbonyl (C=O) groups is 2. The van der Waals surface area contributed by atoms with Crippen molar-refractivity contribution in [2.45, 2.75) is 13.5 Å². The number of thiazole rings is 1. The summed E-state index contributed by atoms with van der Waals surface area (Å²) in [6.45, 7) is 1.76. The average molecular weight is 480 g/mol. The van der Waals surface area contributed by atoms with Crippen molar-refractivity contribution in [1.29, 1.82) is 0 Å².